The van der Waals surface area contributed by atoms with Gasteiger partial charge in [0.2, 0.25) is 0 Å². The third kappa shape index (κ3) is 6.25. The number of nitrogens with zero attached hydrogens (tertiary/aromatic N) is 2. The van der Waals surface area contributed by atoms with Gasteiger partial charge in [-0.25, -0.2) is 4.99 Å². The summed E-state index contributed by atoms with van der Waals surface area (Å²) in [4.78, 5) is 18.7. The van der Waals surface area contributed by atoms with Crippen molar-refractivity contribution in [2.24, 2.45) is 4.99 Å². The minimum Gasteiger partial charge on any atom is -0.496 e. The molecule has 1 aliphatic heterocycles. The average Bonchev–Trinajstić information content (AvgIpc) is 2.76. The fourth-order valence-corrected chi connectivity index (χ4v) is 3.18. The van der Waals surface area contributed by atoms with Crippen molar-refractivity contribution in [2.75, 3.05) is 38.3 Å². The van der Waals surface area contributed by atoms with Crippen LogP contribution in [0.25, 0.3) is 0 Å². The number of halogens is 1. The predicted molar refractivity (Wildman–Crippen MR) is 130 cm³/mol. The fraction of sp³-hybridized carbons (Fsp3) is 0.364. The van der Waals surface area contributed by atoms with E-state index < -0.39 is 0 Å². The second-order valence-corrected chi connectivity index (χ2v) is 6.59. The monoisotopic (exact) mass is 524 g/mol. The van der Waals surface area contributed by atoms with E-state index in [0.29, 0.717) is 19.6 Å². The van der Waals surface area contributed by atoms with Crippen molar-refractivity contribution >= 4 is 41.5 Å². The van der Waals surface area contributed by atoms with Crippen molar-refractivity contribution in [3.63, 3.8) is 0 Å². The third-order valence-electron chi connectivity index (χ3n) is 4.60. The van der Waals surface area contributed by atoms with E-state index in [4.69, 9.17) is 9.47 Å². The highest BCUT2D eigenvalue weighted by Gasteiger charge is 2.24. The Morgan fingerprint density at radius 3 is 2.73 bits per heavy atom. The van der Waals surface area contributed by atoms with Crippen LogP contribution in [-0.2, 0) is 11.3 Å². The van der Waals surface area contributed by atoms with Gasteiger partial charge in [0.25, 0.3) is 5.91 Å². The van der Waals surface area contributed by atoms with Crippen LogP contribution in [0, 0.1) is 0 Å². The molecule has 1 heterocycles. The van der Waals surface area contributed by atoms with Crippen LogP contribution < -0.4 is 25.0 Å². The summed E-state index contributed by atoms with van der Waals surface area (Å²) >= 11 is 0. The summed E-state index contributed by atoms with van der Waals surface area (Å²) in [5.74, 6) is 2.32. The van der Waals surface area contributed by atoms with Crippen LogP contribution in [0.2, 0.25) is 0 Å². The van der Waals surface area contributed by atoms with Crippen molar-refractivity contribution in [3.8, 4) is 11.5 Å². The molecule has 1 amide bonds. The van der Waals surface area contributed by atoms with E-state index in [0.717, 1.165) is 41.7 Å². The van der Waals surface area contributed by atoms with Crippen LogP contribution in [0.5, 0.6) is 11.5 Å². The lowest BCUT2D eigenvalue weighted by Gasteiger charge is -2.29. The lowest BCUT2D eigenvalue weighted by atomic mass is 10.2. The number of para-hydroxylation sites is 3. The Hall–Kier alpha value is -2.49. The van der Waals surface area contributed by atoms with Crippen molar-refractivity contribution in [2.45, 2.75) is 19.9 Å². The summed E-state index contributed by atoms with van der Waals surface area (Å²) < 4.78 is 10.9. The summed E-state index contributed by atoms with van der Waals surface area (Å²) in [6.45, 7) is 4.74. The lowest BCUT2D eigenvalue weighted by Crippen LogP contribution is -2.42. The van der Waals surface area contributed by atoms with E-state index in [-0.39, 0.29) is 36.5 Å². The number of benzene rings is 2. The van der Waals surface area contributed by atoms with E-state index in [1.54, 1.807) is 12.0 Å². The fourth-order valence-electron chi connectivity index (χ4n) is 3.18. The Morgan fingerprint density at radius 2 is 1.93 bits per heavy atom. The molecule has 2 N–H and O–H groups in total. The Morgan fingerprint density at radius 1 is 1.17 bits per heavy atom. The topological polar surface area (TPSA) is 75.2 Å². The number of hydrogen-bond acceptors (Lipinski definition) is 4. The number of hydrogen-bond donors (Lipinski definition) is 2. The van der Waals surface area contributed by atoms with E-state index in [9.17, 15) is 4.79 Å². The summed E-state index contributed by atoms with van der Waals surface area (Å²) in [6, 6.07) is 15.5. The maximum atomic E-state index is 12.2. The number of nitrogens with one attached hydrogen (secondary N) is 2. The highest BCUT2D eigenvalue weighted by Crippen LogP contribution is 2.31. The molecule has 2 aromatic carbocycles. The maximum Gasteiger partial charge on any atom is 0.265 e. The molecule has 0 atom stereocenters. The lowest BCUT2D eigenvalue weighted by molar-refractivity contribution is -0.121. The molecule has 0 unspecified atom stereocenters. The van der Waals surface area contributed by atoms with Crippen LogP contribution in [-0.4, -0.2) is 45.2 Å². The molecule has 0 spiro atoms. The van der Waals surface area contributed by atoms with Crippen molar-refractivity contribution < 1.29 is 14.3 Å². The summed E-state index contributed by atoms with van der Waals surface area (Å²) in [7, 11) is 1.66. The van der Waals surface area contributed by atoms with Crippen molar-refractivity contribution in [3.05, 3.63) is 54.1 Å². The quantitative estimate of drug-likeness (QED) is 0.240. The highest BCUT2D eigenvalue weighted by atomic mass is 127. The van der Waals surface area contributed by atoms with Gasteiger partial charge in [-0.05, 0) is 31.5 Å². The van der Waals surface area contributed by atoms with Gasteiger partial charge in [-0.1, -0.05) is 30.3 Å². The van der Waals surface area contributed by atoms with E-state index >= 15 is 0 Å². The Bertz CT molecular complexity index is 860. The number of fused-ring (bicyclic) bond motifs is 1. The normalized spacial score (nSPS) is 13.1. The third-order valence-corrected chi connectivity index (χ3v) is 4.60. The highest BCUT2D eigenvalue weighted by molar-refractivity contribution is 14.0. The molecule has 162 valence electrons. The van der Waals surface area contributed by atoms with Crippen LogP contribution in [0.15, 0.2) is 53.5 Å². The van der Waals surface area contributed by atoms with Gasteiger partial charge in [-0.15, -0.1) is 24.0 Å². The predicted octanol–water partition coefficient (Wildman–Crippen LogP) is 3.18. The maximum absolute atomic E-state index is 12.2. The Kier molecular flexibility index (Phi) is 9.72. The van der Waals surface area contributed by atoms with Crippen LogP contribution in [0.1, 0.15) is 18.9 Å². The number of carbonyl (C=O) groups is 1. The molecule has 8 heteroatoms. The number of carbonyl (C=O) groups excluding carboxylic acids is 1. The SMILES string of the molecule is CCNC(=NCc1ccccc1OC)NCCCN1C(=O)COc2ccccc21.I. The van der Waals surface area contributed by atoms with Crippen LogP contribution in [0.3, 0.4) is 0 Å². The molecule has 3 rings (SSSR count). The van der Waals surface area contributed by atoms with Crippen molar-refractivity contribution in [1.82, 2.24) is 10.6 Å². The molecular formula is C22H29IN4O3. The zero-order chi connectivity index (χ0) is 20.5. The van der Waals surface area contributed by atoms with Gasteiger partial charge in [-0.3, -0.25) is 4.79 Å². The molecule has 0 aromatic heterocycles. The molecule has 0 saturated carbocycles. The van der Waals surface area contributed by atoms with Crippen molar-refractivity contribution in [1.29, 1.82) is 0 Å². The van der Waals surface area contributed by atoms with Gasteiger partial charge in [0.1, 0.15) is 11.5 Å². The van der Waals surface area contributed by atoms with E-state index in [2.05, 4.69) is 15.6 Å². The minimum atomic E-state index is -0.0135. The molecule has 2 aromatic rings. The van der Waals surface area contributed by atoms with Gasteiger partial charge in [-0.2, -0.15) is 0 Å². The van der Waals surface area contributed by atoms with Gasteiger partial charge in [0, 0.05) is 25.2 Å². The number of aliphatic imine (C=N–C) groups is 1. The first-order valence-electron chi connectivity index (χ1n) is 9.89. The number of guanidine groups is 1. The molecule has 0 radical (unpaired) electrons. The van der Waals surface area contributed by atoms with Gasteiger partial charge in [0.05, 0.1) is 19.3 Å². The number of methoxy groups -OCH3 is 1. The Labute approximate surface area is 194 Å². The first-order chi connectivity index (χ1) is 14.2. The molecule has 30 heavy (non-hydrogen) atoms. The van der Waals surface area contributed by atoms with E-state index in [1.165, 1.54) is 0 Å². The smallest absolute Gasteiger partial charge is 0.265 e. The van der Waals surface area contributed by atoms with Gasteiger partial charge in [0.15, 0.2) is 12.6 Å². The molecular weight excluding hydrogens is 495 g/mol. The summed E-state index contributed by atoms with van der Waals surface area (Å²) in [5.41, 5.74) is 1.86. The molecule has 7 nitrogen and oxygen atoms in total. The minimum absolute atomic E-state index is 0. The van der Waals surface area contributed by atoms with Crippen LogP contribution >= 0.6 is 24.0 Å². The Balaban J connectivity index is 0.00000320. The molecule has 1 aliphatic rings. The summed E-state index contributed by atoms with van der Waals surface area (Å²) in [5, 5.41) is 6.59. The number of amides is 1. The molecule has 0 aliphatic carbocycles. The number of anilines is 1. The number of ether oxygens (including phenoxy) is 2. The standard InChI is InChI=1S/C22H28N4O3.HI/c1-3-23-22(25-15-17-9-4-6-11-19(17)28-2)24-13-8-14-26-18-10-5-7-12-20(18)29-16-21(26)27;/h4-7,9-12H,3,8,13-16H2,1-2H3,(H2,23,24,25);1H. The van der Waals surface area contributed by atoms with E-state index in [1.807, 2.05) is 55.5 Å². The van der Waals surface area contributed by atoms with Gasteiger partial charge < -0.3 is 25.0 Å². The second-order valence-electron chi connectivity index (χ2n) is 6.59. The molecule has 0 saturated heterocycles. The zero-order valence-electron chi connectivity index (χ0n) is 17.4. The second kappa shape index (κ2) is 12.3. The first-order valence-corrected chi connectivity index (χ1v) is 9.89. The van der Waals surface area contributed by atoms with Gasteiger partial charge >= 0.3 is 0 Å². The largest absolute Gasteiger partial charge is 0.496 e. The van der Waals surface area contributed by atoms with Crippen LogP contribution in [0.4, 0.5) is 5.69 Å². The molecule has 0 fully saturated rings. The number of rotatable bonds is 8. The summed E-state index contributed by atoms with van der Waals surface area (Å²) in [6.07, 6.45) is 0.791. The zero-order valence-corrected chi connectivity index (χ0v) is 19.7. The molecule has 0 bridgehead atoms. The first kappa shape index (κ1) is 23.8. The average molecular weight is 524 g/mol.